The lowest BCUT2D eigenvalue weighted by molar-refractivity contribution is 0.0131. The lowest BCUT2D eigenvalue weighted by atomic mass is 10.0. The van der Waals surface area contributed by atoms with Gasteiger partial charge in [0, 0.05) is 32.3 Å². The Bertz CT molecular complexity index is 400. The van der Waals surface area contributed by atoms with E-state index in [1.165, 1.54) is 5.56 Å². The van der Waals surface area contributed by atoms with Gasteiger partial charge < -0.3 is 20.1 Å². The summed E-state index contributed by atoms with van der Waals surface area (Å²) < 4.78 is 11.1. The zero-order valence-electron chi connectivity index (χ0n) is 13.3. The molecule has 1 saturated heterocycles. The smallest absolute Gasteiger partial charge is 0.119 e. The summed E-state index contributed by atoms with van der Waals surface area (Å²) in [5.41, 5.74) is 7.50. The minimum absolute atomic E-state index is 0.0596. The van der Waals surface area contributed by atoms with Crippen molar-refractivity contribution in [3.05, 3.63) is 29.8 Å². The summed E-state index contributed by atoms with van der Waals surface area (Å²) in [4.78, 5) is 2.44. The Kier molecular flexibility index (Phi) is 6.49. The second-order valence-corrected chi connectivity index (χ2v) is 5.56. The van der Waals surface area contributed by atoms with E-state index in [2.05, 4.69) is 24.0 Å². The molecule has 0 saturated carbocycles. The maximum Gasteiger partial charge on any atom is 0.119 e. The second-order valence-electron chi connectivity index (χ2n) is 5.56. The molecule has 1 fully saturated rings. The van der Waals surface area contributed by atoms with Crippen LogP contribution in [0.5, 0.6) is 5.75 Å². The zero-order chi connectivity index (χ0) is 15.1. The lowest BCUT2D eigenvalue weighted by Gasteiger charge is -2.33. The number of ether oxygens (including phenoxy) is 2. The van der Waals surface area contributed by atoms with Crippen LogP contribution in [0.2, 0.25) is 0 Å². The molecule has 1 unspecified atom stereocenters. The summed E-state index contributed by atoms with van der Waals surface area (Å²) in [6, 6.07) is 8.20. The molecule has 4 nitrogen and oxygen atoms in total. The number of nitrogens with zero attached hydrogens (tertiary/aromatic N) is 1. The standard InChI is InChI=1S/C17H28N2O2/c1-3-20-15-7-5-14(6-8-15)17(18)13-19-11-9-16(10-12-19)21-4-2/h5-8,16-17H,3-4,9-13,18H2,1-2H3. The molecule has 1 aliphatic heterocycles. The average Bonchev–Trinajstić information content (AvgIpc) is 2.50. The molecule has 1 aromatic rings. The van der Waals surface area contributed by atoms with Crippen molar-refractivity contribution in [2.24, 2.45) is 5.73 Å². The summed E-state index contributed by atoms with van der Waals surface area (Å²) in [6.45, 7) is 8.63. The first kappa shape index (κ1) is 16.3. The van der Waals surface area contributed by atoms with Crippen LogP contribution < -0.4 is 10.5 Å². The van der Waals surface area contributed by atoms with E-state index in [0.29, 0.717) is 12.7 Å². The van der Waals surface area contributed by atoms with Crippen LogP contribution in [0.1, 0.15) is 38.3 Å². The summed E-state index contributed by atoms with van der Waals surface area (Å²) >= 11 is 0. The van der Waals surface area contributed by atoms with E-state index in [1.807, 2.05) is 19.1 Å². The molecule has 0 spiro atoms. The predicted octanol–water partition coefficient (Wildman–Crippen LogP) is 2.59. The molecule has 0 amide bonds. The highest BCUT2D eigenvalue weighted by Crippen LogP contribution is 2.20. The Morgan fingerprint density at radius 3 is 2.38 bits per heavy atom. The van der Waals surface area contributed by atoms with Crippen LogP contribution in [0.25, 0.3) is 0 Å². The third-order valence-corrected chi connectivity index (χ3v) is 4.01. The summed E-state index contributed by atoms with van der Waals surface area (Å²) in [5.74, 6) is 0.908. The van der Waals surface area contributed by atoms with Crippen LogP contribution in [0, 0.1) is 0 Å². The maximum absolute atomic E-state index is 6.33. The van der Waals surface area contributed by atoms with Crippen molar-refractivity contribution in [1.82, 2.24) is 4.90 Å². The first-order valence-electron chi connectivity index (χ1n) is 8.05. The van der Waals surface area contributed by atoms with Crippen LogP contribution in [0.3, 0.4) is 0 Å². The highest BCUT2D eigenvalue weighted by Gasteiger charge is 2.21. The van der Waals surface area contributed by atoms with Crippen molar-refractivity contribution in [3.63, 3.8) is 0 Å². The molecule has 118 valence electrons. The van der Waals surface area contributed by atoms with Crippen molar-refractivity contribution < 1.29 is 9.47 Å². The Hall–Kier alpha value is -1.10. The van der Waals surface area contributed by atoms with E-state index in [-0.39, 0.29) is 6.04 Å². The van der Waals surface area contributed by atoms with Crippen LogP contribution in [0.4, 0.5) is 0 Å². The van der Waals surface area contributed by atoms with Crippen LogP contribution in [-0.4, -0.2) is 43.9 Å². The summed E-state index contributed by atoms with van der Waals surface area (Å²) in [5, 5.41) is 0. The monoisotopic (exact) mass is 292 g/mol. The molecule has 0 aliphatic carbocycles. The van der Waals surface area contributed by atoms with E-state index < -0.39 is 0 Å². The van der Waals surface area contributed by atoms with Gasteiger partial charge >= 0.3 is 0 Å². The Labute approximate surface area is 128 Å². The number of nitrogens with two attached hydrogens (primary N) is 1. The molecule has 4 heteroatoms. The fourth-order valence-electron chi connectivity index (χ4n) is 2.86. The molecule has 0 radical (unpaired) electrons. The van der Waals surface area contributed by atoms with Crippen LogP contribution in [-0.2, 0) is 4.74 Å². The molecule has 1 aliphatic rings. The summed E-state index contributed by atoms with van der Waals surface area (Å²) in [6.07, 6.45) is 2.67. The number of benzene rings is 1. The number of piperidine rings is 1. The van der Waals surface area contributed by atoms with Gasteiger partial charge in [0.2, 0.25) is 0 Å². The molecule has 0 bridgehead atoms. The fourth-order valence-corrected chi connectivity index (χ4v) is 2.86. The molecule has 1 atom stereocenters. The minimum atomic E-state index is 0.0596. The molecule has 1 heterocycles. The van der Waals surface area contributed by atoms with Gasteiger partial charge in [-0.05, 0) is 44.4 Å². The van der Waals surface area contributed by atoms with Crippen molar-refractivity contribution in [1.29, 1.82) is 0 Å². The van der Waals surface area contributed by atoms with E-state index >= 15 is 0 Å². The van der Waals surface area contributed by atoms with Gasteiger partial charge in [-0.25, -0.2) is 0 Å². The van der Waals surface area contributed by atoms with Crippen molar-refractivity contribution in [2.45, 2.75) is 38.8 Å². The van der Waals surface area contributed by atoms with E-state index in [1.54, 1.807) is 0 Å². The molecular formula is C17H28N2O2. The topological polar surface area (TPSA) is 47.7 Å². The van der Waals surface area contributed by atoms with Gasteiger partial charge in [-0.3, -0.25) is 0 Å². The van der Waals surface area contributed by atoms with E-state index in [9.17, 15) is 0 Å². The maximum atomic E-state index is 6.33. The molecule has 2 rings (SSSR count). The van der Waals surface area contributed by atoms with E-state index in [4.69, 9.17) is 15.2 Å². The molecule has 21 heavy (non-hydrogen) atoms. The lowest BCUT2D eigenvalue weighted by Crippen LogP contribution is -2.40. The minimum Gasteiger partial charge on any atom is -0.494 e. The number of hydrogen-bond acceptors (Lipinski definition) is 4. The molecule has 2 N–H and O–H groups in total. The van der Waals surface area contributed by atoms with Gasteiger partial charge in [0.1, 0.15) is 5.75 Å². The highest BCUT2D eigenvalue weighted by molar-refractivity contribution is 5.29. The Balaban J connectivity index is 1.80. The van der Waals surface area contributed by atoms with Crippen molar-refractivity contribution >= 4 is 0 Å². The number of likely N-dealkylation sites (tertiary alicyclic amines) is 1. The Morgan fingerprint density at radius 1 is 1.14 bits per heavy atom. The van der Waals surface area contributed by atoms with Gasteiger partial charge in [0.05, 0.1) is 12.7 Å². The van der Waals surface area contributed by atoms with Crippen molar-refractivity contribution in [2.75, 3.05) is 32.8 Å². The normalized spacial score (nSPS) is 18.6. The van der Waals surface area contributed by atoms with Crippen molar-refractivity contribution in [3.8, 4) is 5.75 Å². The molecule has 1 aromatic carbocycles. The molecule has 0 aromatic heterocycles. The first-order valence-corrected chi connectivity index (χ1v) is 8.05. The van der Waals surface area contributed by atoms with Gasteiger partial charge in [0.25, 0.3) is 0 Å². The molecular weight excluding hydrogens is 264 g/mol. The quantitative estimate of drug-likeness (QED) is 0.839. The third-order valence-electron chi connectivity index (χ3n) is 4.01. The third kappa shape index (κ3) is 4.99. The average molecular weight is 292 g/mol. The van der Waals surface area contributed by atoms with Gasteiger partial charge in [-0.15, -0.1) is 0 Å². The van der Waals surface area contributed by atoms with Gasteiger partial charge in [-0.1, -0.05) is 12.1 Å². The summed E-state index contributed by atoms with van der Waals surface area (Å²) in [7, 11) is 0. The zero-order valence-corrected chi connectivity index (χ0v) is 13.3. The van der Waals surface area contributed by atoms with Gasteiger partial charge in [-0.2, -0.15) is 0 Å². The second kappa shape index (κ2) is 8.37. The number of hydrogen-bond donors (Lipinski definition) is 1. The SMILES string of the molecule is CCOc1ccc(C(N)CN2CCC(OCC)CC2)cc1. The Morgan fingerprint density at radius 2 is 1.81 bits per heavy atom. The first-order chi connectivity index (χ1) is 10.2. The largest absolute Gasteiger partial charge is 0.494 e. The number of rotatable bonds is 7. The highest BCUT2D eigenvalue weighted by atomic mass is 16.5. The van der Waals surface area contributed by atoms with Crippen LogP contribution in [0.15, 0.2) is 24.3 Å². The van der Waals surface area contributed by atoms with E-state index in [0.717, 1.165) is 44.8 Å². The van der Waals surface area contributed by atoms with Crippen LogP contribution >= 0.6 is 0 Å². The fraction of sp³-hybridized carbons (Fsp3) is 0.647. The predicted molar refractivity (Wildman–Crippen MR) is 85.6 cm³/mol. The van der Waals surface area contributed by atoms with Gasteiger partial charge in [0.15, 0.2) is 0 Å².